The predicted octanol–water partition coefficient (Wildman–Crippen LogP) is 4.23. The molecule has 3 saturated heterocycles. The highest BCUT2D eigenvalue weighted by molar-refractivity contribution is 6.07. The third-order valence-electron chi connectivity index (χ3n) is 13.4. The first-order valence-electron chi connectivity index (χ1n) is 21.3. The summed E-state index contributed by atoms with van der Waals surface area (Å²) in [4.78, 5) is 48.4. The number of nitrogens with zero attached hydrogens (tertiary/aromatic N) is 4. The van der Waals surface area contributed by atoms with Crippen LogP contribution in [0.1, 0.15) is 80.7 Å². The molecule has 1 aromatic heterocycles. The van der Waals surface area contributed by atoms with Crippen LogP contribution < -0.4 is 11.1 Å². The average molecular weight is 845 g/mol. The number of alkyl halides is 1. The van der Waals surface area contributed by atoms with E-state index in [0.717, 1.165) is 23.4 Å². The minimum atomic E-state index is -3.16. The Morgan fingerprint density at radius 3 is 2.42 bits per heavy atom. The van der Waals surface area contributed by atoms with Crippen LogP contribution in [0, 0.1) is 17.8 Å². The van der Waals surface area contributed by atoms with Gasteiger partial charge in [-0.2, -0.15) is 0 Å². The third kappa shape index (κ3) is 9.50. The van der Waals surface area contributed by atoms with Crippen molar-refractivity contribution in [1.82, 2.24) is 25.2 Å². The molecular formula is C44H69FN6O9. The van der Waals surface area contributed by atoms with Crippen molar-refractivity contribution >= 4 is 28.7 Å². The number of benzene rings is 1. The van der Waals surface area contributed by atoms with Crippen LogP contribution in [0.15, 0.2) is 36.5 Å². The molecule has 0 bridgehead atoms. The summed E-state index contributed by atoms with van der Waals surface area (Å²) >= 11 is 0. The number of esters is 1. The Kier molecular flexibility index (Phi) is 15.1. The molecule has 0 radical (unpaired) electrons. The van der Waals surface area contributed by atoms with Crippen LogP contribution in [0.5, 0.6) is 0 Å². The number of hydrogen-bond acceptors (Lipinski definition) is 14. The Labute approximate surface area is 354 Å². The maximum Gasteiger partial charge on any atom is 0.425 e. The molecule has 2 aromatic rings. The summed E-state index contributed by atoms with van der Waals surface area (Å²) in [5, 5.41) is 19.3. The molecule has 3 aliphatic rings. The number of nitrogens with one attached hydrogen (secondary N) is 1. The Hall–Kier alpha value is -3.35. The van der Waals surface area contributed by atoms with E-state index >= 15 is 4.39 Å². The fourth-order valence-electron chi connectivity index (χ4n) is 9.52. The number of hydrogen-bond donors (Lipinski definition) is 3. The first kappa shape index (κ1) is 47.7. The van der Waals surface area contributed by atoms with Gasteiger partial charge in [0.15, 0.2) is 17.7 Å². The molecule has 16 heteroatoms. The van der Waals surface area contributed by atoms with Gasteiger partial charge in [-0.05, 0) is 91.1 Å². The zero-order chi connectivity index (χ0) is 44.5. The smallest absolute Gasteiger partial charge is 0.425 e. The monoisotopic (exact) mass is 845 g/mol. The number of nitrogens with two attached hydrogens (primary N) is 1. The quantitative estimate of drug-likeness (QED) is 0.166. The van der Waals surface area contributed by atoms with Crippen molar-refractivity contribution in [3.8, 4) is 0 Å². The number of aromatic nitrogens is 1. The number of ether oxygens (including phenoxy) is 5. The maximum atomic E-state index is 17.0. The topological polar surface area (TPSA) is 178 Å². The van der Waals surface area contributed by atoms with Gasteiger partial charge >= 0.3 is 12.1 Å². The number of carbonyl (C=O) groups excluding carboxylic acids is 3. The number of para-hydroxylation sites is 1. The van der Waals surface area contributed by atoms with Crippen molar-refractivity contribution in [3.63, 3.8) is 0 Å². The number of fused-ring (bicyclic) bond motifs is 2. The molecule has 1 amide bonds. The fraction of sp³-hybridized carbons (Fsp3) is 0.727. The summed E-state index contributed by atoms with van der Waals surface area (Å²) in [7, 11) is 5.45. The zero-order valence-electron chi connectivity index (χ0n) is 37.5. The van der Waals surface area contributed by atoms with Crippen molar-refractivity contribution in [3.05, 3.63) is 42.1 Å². The van der Waals surface area contributed by atoms with E-state index in [9.17, 15) is 19.5 Å². The van der Waals surface area contributed by atoms with Crippen molar-refractivity contribution in [1.29, 1.82) is 0 Å². The highest BCUT2D eigenvalue weighted by Crippen LogP contribution is 2.44. The van der Waals surface area contributed by atoms with Gasteiger partial charge in [0, 0.05) is 56.3 Å². The lowest BCUT2D eigenvalue weighted by Crippen LogP contribution is -2.63. The summed E-state index contributed by atoms with van der Waals surface area (Å²) < 4.78 is 48.6. The van der Waals surface area contributed by atoms with E-state index in [2.05, 4.69) is 10.3 Å². The molecule has 2 unspecified atom stereocenters. The van der Waals surface area contributed by atoms with E-state index in [1.807, 2.05) is 77.0 Å². The lowest BCUT2D eigenvalue weighted by atomic mass is 9.72. The van der Waals surface area contributed by atoms with Gasteiger partial charge in [-0.3, -0.25) is 9.78 Å². The van der Waals surface area contributed by atoms with Crippen molar-refractivity contribution < 1.29 is 47.6 Å². The molecule has 0 spiro atoms. The Morgan fingerprint density at radius 1 is 1.07 bits per heavy atom. The molecule has 60 heavy (non-hydrogen) atoms. The molecule has 14 atom stereocenters. The zero-order valence-corrected chi connectivity index (χ0v) is 37.5. The molecule has 4 N–H and O–H groups in total. The van der Waals surface area contributed by atoms with E-state index in [1.165, 1.54) is 18.9 Å². The number of likely N-dealkylation sites (N-methyl/N-ethyl adjacent to an activating group) is 1. The van der Waals surface area contributed by atoms with Gasteiger partial charge in [0.1, 0.15) is 12.2 Å². The van der Waals surface area contributed by atoms with Gasteiger partial charge in [-0.25, -0.2) is 24.0 Å². The predicted molar refractivity (Wildman–Crippen MR) is 224 cm³/mol. The summed E-state index contributed by atoms with van der Waals surface area (Å²) in [5.74, 6) is -4.72. The minimum Gasteiger partial charge on any atom is -0.456 e. The highest BCUT2D eigenvalue weighted by atomic mass is 19.1. The second kappa shape index (κ2) is 19.0. The first-order chi connectivity index (χ1) is 28.1. The number of rotatable bonds is 11. The number of carbonyl (C=O) groups is 3. The van der Waals surface area contributed by atoms with Gasteiger partial charge in [-0.15, -0.1) is 0 Å². The van der Waals surface area contributed by atoms with Gasteiger partial charge in [0.25, 0.3) is 5.67 Å². The van der Waals surface area contributed by atoms with Gasteiger partial charge in [0.2, 0.25) is 0 Å². The second-order valence-corrected chi connectivity index (χ2v) is 18.1. The number of pyridine rings is 1. The summed E-state index contributed by atoms with van der Waals surface area (Å²) in [6.45, 7) is 16.4. The fourth-order valence-corrected chi connectivity index (χ4v) is 9.52. The van der Waals surface area contributed by atoms with E-state index < -0.39 is 83.2 Å². The second-order valence-electron chi connectivity index (χ2n) is 18.1. The molecule has 15 nitrogen and oxygen atoms in total. The van der Waals surface area contributed by atoms with E-state index in [-0.39, 0.29) is 31.1 Å². The highest BCUT2D eigenvalue weighted by Gasteiger charge is 2.62. The van der Waals surface area contributed by atoms with Crippen molar-refractivity contribution in [2.75, 3.05) is 40.8 Å². The molecule has 3 aliphatic heterocycles. The standard InChI is InChI=1S/C44H69FN6O9/c1-13-50(12)51-36-27(4)34(46)25(2)23-42(7,56-21-20-47-24-30-18-19-48-32-17-15-14-16-31(30)32)38(59-39-35(52)33(49(10)11)22-26(3)57-39)28(5)37(53)43(8,45)40(54)58-29(6)44(36,9)60-41(51)55/h14-19,25-29,33-36,38-39,47,52H,13,20-24,46H2,1-12H3/t25-,26-,27-,28+,29+,33+,34?,35-,36-,38-,39+,42+,43?,44-/m1/s1. The molecule has 3 fully saturated rings. The lowest BCUT2D eigenvalue weighted by Gasteiger charge is -2.48. The van der Waals surface area contributed by atoms with Gasteiger partial charge < -0.3 is 44.7 Å². The largest absolute Gasteiger partial charge is 0.456 e. The number of hydrazine groups is 1. The Morgan fingerprint density at radius 2 is 1.75 bits per heavy atom. The Balaban J connectivity index is 1.56. The van der Waals surface area contributed by atoms with Crippen LogP contribution in [-0.2, 0) is 39.8 Å². The number of ketones is 1. The number of Topliss-reactive ketones (excluding diaryl/α,β-unsaturated/α-hetero) is 1. The maximum absolute atomic E-state index is 17.0. The number of aliphatic hydroxyl groups excluding tert-OH is 1. The SMILES string of the molecule is CCN(C)N1C(=O)O[C@]2(C)[C@H](C)OC(=O)C(C)(F)C(=O)[C@H](C)[C@@H](O[C@@H]3O[C@H](C)C[C@H](N(C)C)[C@H]3O)[C@@](C)(OCCNCc3ccnc4ccccc34)C[C@@H](C)C(N)[C@@H](C)[C@@H]12. The number of halogens is 1. The van der Waals surface area contributed by atoms with Crippen LogP contribution in [-0.4, -0.2) is 149 Å². The average Bonchev–Trinajstić information content (AvgIpc) is 3.49. The van der Waals surface area contributed by atoms with Crippen LogP contribution in [0.4, 0.5) is 9.18 Å². The number of aliphatic hydroxyl groups is 1. The molecule has 0 saturated carbocycles. The Bertz CT molecular complexity index is 1820. The molecule has 0 aliphatic carbocycles. The molecule has 1 aromatic carbocycles. The number of cyclic esters (lactones) is 1. The van der Waals surface area contributed by atoms with Crippen molar-refractivity contribution in [2.24, 2.45) is 23.5 Å². The summed E-state index contributed by atoms with van der Waals surface area (Å²) in [5.41, 5.74) is 3.11. The van der Waals surface area contributed by atoms with Crippen LogP contribution in [0.25, 0.3) is 10.9 Å². The summed E-state index contributed by atoms with van der Waals surface area (Å²) in [6.07, 6.45) is -3.34. The van der Waals surface area contributed by atoms with Gasteiger partial charge in [-0.1, -0.05) is 45.9 Å². The third-order valence-corrected chi connectivity index (χ3v) is 13.4. The van der Waals surface area contributed by atoms with Crippen LogP contribution >= 0.6 is 0 Å². The normalized spacial score (nSPS) is 38.5. The van der Waals surface area contributed by atoms with E-state index in [4.69, 9.17) is 29.4 Å². The van der Waals surface area contributed by atoms with E-state index in [1.54, 1.807) is 32.1 Å². The summed E-state index contributed by atoms with van der Waals surface area (Å²) in [6, 6.07) is 8.12. The van der Waals surface area contributed by atoms with Crippen LogP contribution in [0.3, 0.4) is 0 Å². The van der Waals surface area contributed by atoms with Crippen molar-refractivity contribution in [2.45, 2.75) is 147 Å². The molecule has 4 heterocycles. The lowest BCUT2D eigenvalue weighted by molar-refractivity contribution is -0.298. The first-order valence-corrected chi connectivity index (χ1v) is 21.3. The van der Waals surface area contributed by atoms with E-state index in [0.29, 0.717) is 26.1 Å². The minimum absolute atomic E-state index is 0.132. The molecule has 5 rings (SSSR count). The van der Waals surface area contributed by atoms with Crippen LogP contribution in [0.2, 0.25) is 0 Å². The molecule has 336 valence electrons. The number of amides is 1. The molecular weight excluding hydrogens is 776 g/mol. The van der Waals surface area contributed by atoms with Gasteiger partial charge in [0.05, 0.1) is 36.0 Å².